The monoisotopic (exact) mass is 411 g/mol. The first-order valence-corrected chi connectivity index (χ1v) is 11.4. The number of carbonyl (C=O) groups excluding carboxylic acids is 1. The third kappa shape index (κ3) is 4.78. The van der Waals surface area contributed by atoms with Gasteiger partial charge in [-0.3, -0.25) is 4.79 Å². The molecule has 1 unspecified atom stereocenters. The van der Waals surface area contributed by atoms with Crippen LogP contribution in [0, 0.1) is 0 Å². The van der Waals surface area contributed by atoms with E-state index in [0.29, 0.717) is 12.3 Å². The zero-order valence-corrected chi connectivity index (χ0v) is 18.1. The number of rotatable bonds is 7. The summed E-state index contributed by atoms with van der Waals surface area (Å²) in [4.78, 5) is 15.1. The Bertz CT molecular complexity index is 882. The van der Waals surface area contributed by atoms with Crippen LogP contribution in [0.5, 0.6) is 11.5 Å². The van der Waals surface area contributed by atoms with Crippen LogP contribution < -0.4 is 9.47 Å². The van der Waals surface area contributed by atoms with Crippen LogP contribution in [0.2, 0.25) is 0 Å². The van der Waals surface area contributed by atoms with Gasteiger partial charge in [0.25, 0.3) is 0 Å². The Morgan fingerprint density at radius 3 is 3.03 bits per heavy atom. The second-order valence-electron chi connectivity index (χ2n) is 8.00. The lowest BCUT2D eigenvalue weighted by Gasteiger charge is -2.30. The Kier molecular flexibility index (Phi) is 6.46. The number of methoxy groups -OCH3 is 1. The molecule has 0 aromatic heterocycles. The zero-order valence-electron chi connectivity index (χ0n) is 17.3. The van der Waals surface area contributed by atoms with Crippen molar-refractivity contribution in [2.45, 2.75) is 36.5 Å². The lowest BCUT2D eigenvalue weighted by molar-refractivity contribution is -0.121. The van der Waals surface area contributed by atoms with Crippen molar-refractivity contribution in [3.05, 3.63) is 53.1 Å². The fraction of sp³-hybridized carbons (Fsp3) is 0.458. The number of carbonyl (C=O) groups is 1. The number of likely N-dealkylation sites (N-methyl/N-ethyl adjacent to an activating group) is 1. The number of hydrogen-bond donors (Lipinski definition) is 0. The fourth-order valence-electron chi connectivity index (χ4n) is 4.41. The Labute approximate surface area is 177 Å². The van der Waals surface area contributed by atoms with E-state index in [4.69, 9.17) is 9.47 Å². The highest BCUT2D eigenvalue weighted by atomic mass is 32.2. The van der Waals surface area contributed by atoms with Gasteiger partial charge in [0.15, 0.2) is 5.78 Å². The van der Waals surface area contributed by atoms with E-state index in [1.165, 1.54) is 28.9 Å². The van der Waals surface area contributed by atoms with Gasteiger partial charge in [-0.1, -0.05) is 18.2 Å². The van der Waals surface area contributed by atoms with Gasteiger partial charge in [-0.25, -0.2) is 0 Å². The molecule has 1 heterocycles. The molecule has 2 aliphatic rings. The van der Waals surface area contributed by atoms with Crippen LogP contribution in [0.25, 0.3) is 0 Å². The van der Waals surface area contributed by atoms with E-state index in [1.54, 1.807) is 7.11 Å². The minimum atomic E-state index is 0.154. The second kappa shape index (κ2) is 9.23. The Balaban J connectivity index is 1.30. The summed E-state index contributed by atoms with van der Waals surface area (Å²) in [5.74, 6) is 3.68. The summed E-state index contributed by atoms with van der Waals surface area (Å²) in [6, 6.07) is 12.7. The van der Waals surface area contributed by atoms with Gasteiger partial charge in [0, 0.05) is 35.7 Å². The van der Waals surface area contributed by atoms with E-state index in [2.05, 4.69) is 42.3 Å². The van der Waals surface area contributed by atoms with Gasteiger partial charge < -0.3 is 14.4 Å². The standard InChI is InChI=1S/C24H29NO3S/c1-25(15-18-5-3-7-22-21(18)6-4-8-23(22)27-2)11-12-29-20-10-9-17-13-19(26)16-28-24(17)14-20/h4,6,8-10,14,18H,3,5,7,11-13,15-16H2,1-2H3. The quantitative estimate of drug-likeness (QED) is 0.634. The van der Waals surface area contributed by atoms with Gasteiger partial charge in [0.2, 0.25) is 0 Å². The van der Waals surface area contributed by atoms with Crippen molar-refractivity contribution in [2.75, 3.05) is 39.6 Å². The van der Waals surface area contributed by atoms with Crippen LogP contribution in [0.3, 0.4) is 0 Å². The molecule has 0 spiro atoms. The maximum absolute atomic E-state index is 11.5. The van der Waals surface area contributed by atoms with Crippen LogP contribution in [0.1, 0.15) is 35.4 Å². The molecule has 0 saturated carbocycles. The van der Waals surface area contributed by atoms with Crippen LogP contribution in [-0.2, 0) is 17.6 Å². The molecule has 0 radical (unpaired) electrons. The van der Waals surface area contributed by atoms with Gasteiger partial charge in [0.05, 0.1) is 7.11 Å². The first-order chi connectivity index (χ1) is 14.1. The van der Waals surface area contributed by atoms with Gasteiger partial charge in [-0.15, -0.1) is 11.8 Å². The molecular weight excluding hydrogens is 382 g/mol. The van der Waals surface area contributed by atoms with Gasteiger partial charge in [-0.05, 0) is 61.6 Å². The van der Waals surface area contributed by atoms with Crippen LogP contribution in [0.15, 0.2) is 41.3 Å². The largest absolute Gasteiger partial charge is 0.496 e. The smallest absolute Gasteiger partial charge is 0.174 e. The average Bonchev–Trinajstić information content (AvgIpc) is 2.73. The molecule has 0 amide bonds. The van der Waals surface area contributed by atoms with Crippen molar-refractivity contribution in [1.29, 1.82) is 0 Å². The number of Topliss-reactive ketones (excluding diaryl/α,β-unsaturated/α-hetero) is 1. The molecule has 4 rings (SSSR count). The lowest BCUT2D eigenvalue weighted by atomic mass is 9.82. The summed E-state index contributed by atoms with van der Waals surface area (Å²) in [5.41, 5.74) is 3.88. The zero-order chi connectivity index (χ0) is 20.2. The Morgan fingerprint density at radius 2 is 2.17 bits per heavy atom. The van der Waals surface area contributed by atoms with Crippen molar-refractivity contribution in [3.8, 4) is 11.5 Å². The molecule has 0 bridgehead atoms. The average molecular weight is 412 g/mol. The predicted molar refractivity (Wildman–Crippen MR) is 118 cm³/mol. The van der Waals surface area contributed by atoms with Crippen LogP contribution >= 0.6 is 11.8 Å². The van der Waals surface area contributed by atoms with E-state index in [1.807, 2.05) is 17.8 Å². The normalized spacial score (nSPS) is 18.2. The molecule has 2 aromatic carbocycles. The maximum atomic E-state index is 11.5. The molecular formula is C24H29NO3S. The van der Waals surface area contributed by atoms with E-state index < -0.39 is 0 Å². The van der Waals surface area contributed by atoms with E-state index in [9.17, 15) is 4.79 Å². The first-order valence-electron chi connectivity index (χ1n) is 10.4. The molecule has 0 fully saturated rings. The number of hydrogen-bond acceptors (Lipinski definition) is 5. The molecule has 2 aromatic rings. The molecule has 1 aliphatic heterocycles. The Hall–Kier alpha value is -1.98. The molecule has 154 valence electrons. The van der Waals surface area contributed by atoms with E-state index >= 15 is 0 Å². The SMILES string of the molecule is COc1cccc2c1CCCC2CN(C)CCSc1ccc2c(c1)OCC(=O)C2. The first kappa shape index (κ1) is 20.3. The van der Waals surface area contributed by atoms with Gasteiger partial charge in [0.1, 0.15) is 18.1 Å². The number of thioether (sulfide) groups is 1. The molecule has 0 N–H and O–H groups in total. The van der Waals surface area contributed by atoms with Crippen molar-refractivity contribution in [2.24, 2.45) is 0 Å². The third-order valence-electron chi connectivity index (χ3n) is 5.90. The minimum absolute atomic E-state index is 0.154. The summed E-state index contributed by atoms with van der Waals surface area (Å²) in [6.07, 6.45) is 4.11. The van der Waals surface area contributed by atoms with E-state index in [0.717, 1.165) is 42.3 Å². The maximum Gasteiger partial charge on any atom is 0.174 e. The summed E-state index contributed by atoms with van der Waals surface area (Å²) >= 11 is 1.85. The highest BCUT2D eigenvalue weighted by Gasteiger charge is 2.23. The van der Waals surface area contributed by atoms with Crippen molar-refractivity contribution in [3.63, 3.8) is 0 Å². The molecule has 29 heavy (non-hydrogen) atoms. The van der Waals surface area contributed by atoms with Crippen molar-refractivity contribution < 1.29 is 14.3 Å². The summed E-state index contributed by atoms with van der Waals surface area (Å²) in [5, 5.41) is 0. The van der Waals surface area contributed by atoms with Crippen molar-refractivity contribution >= 4 is 17.5 Å². The Morgan fingerprint density at radius 1 is 1.28 bits per heavy atom. The minimum Gasteiger partial charge on any atom is -0.496 e. The van der Waals surface area contributed by atoms with Crippen molar-refractivity contribution in [1.82, 2.24) is 4.90 Å². The number of ether oxygens (including phenoxy) is 2. The summed E-state index contributed by atoms with van der Waals surface area (Å²) in [7, 11) is 3.99. The highest BCUT2D eigenvalue weighted by molar-refractivity contribution is 7.99. The topological polar surface area (TPSA) is 38.8 Å². The van der Waals surface area contributed by atoms with E-state index in [-0.39, 0.29) is 12.4 Å². The number of ketones is 1. The molecule has 1 atom stereocenters. The van der Waals surface area contributed by atoms with Crippen LogP contribution in [0.4, 0.5) is 0 Å². The summed E-state index contributed by atoms with van der Waals surface area (Å²) in [6.45, 7) is 2.32. The fourth-order valence-corrected chi connectivity index (χ4v) is 5.40. The number of fused-ring (bicyclic) bond motifs is 2. The lowest BCUT2D eigenvalue weighted by Crippen LogP contribution is -2.28. The van der Waals surface area contributed by atoms with Gasteiger partial charge in [-0.2, -0.15) is 0 Å². The number of benzene rings is 2. The molecule has 0 saturated heterocycles. The molecule has 4 nitrogen and oxygen atoms in total. The highest BCUT2D eigenvalue weighted by Crippen LogP contribution is 2.37. The second-order valence-corrected chi connectivity index (χ2v) is 9.17. The third-order valence-corrected chi connectivity index (χ3v) is 6.87. The summed E-state index contributed by atoms with van der Waals surface area (Å²) < 4.78 is 11.2. The van der Waals surface area contributed by atoms with Gasteiger partial charge >= 0.3 is 0 Å². The predicted octanol–water partition coefficient (Wildman–Crippen LogP) is 4.34. The molecule has 5 heteroatoms. The van der Waals surface area contributed by atoms with Crippen LogP contribution in [-0.4, -0.2) is 50.3 Å². The molecule has 1 aliphatic carbocycles. The number of nitrogens with zero attached hydrogens (tertiary/aromatic N) is 1.